The lowest BCUT2D eigenvalue weighted by atomic mass is 9.99. The molecule has 0 heterocycles. The zero-order valence-corrected chi connectivity index (χ0v) is 14.7. The first-order valence-electron chi connectivity index (χ1n) is 7.66. The van der Waals surface area contributed by atoms with Crippen molar-refractivity contribution in [2.75, 3.05) is 7.11 Å². The first-order valence-corrected chi connectivity index (χ1v) is 7.66. The molecule has 2 aromatic carbocycles. The summed E-state index contributed by atoms with van der Waals surface area (Å²) >= 11 is 0. The number of halogens is 1. The number of rotatable bonds is 6. The van der Waals surface area contributed by atoms with Crippen LogP contribution in [0.5, 0.6) is 5.75 Å². The van der Waals surface area contributed by atoms with E-state index in [4.69, 9.17) is 10.5 Å². The number of carbonyl (C=O) groups excluding carboxylic acids is 1. The predicted molar refractivity (Wildman–Crippen MR) is 97.0 cm³/mol. The van der Waals surface area contributed by atoms with Crippen LogP contribution in [-0.2, 0) is 11.3 Å². The predicted octanol–water partition coefficient (Wildman–Crippen LogP) is 3.26. The van der Waals surface area contributed by atoms with Crippen LogP contribution in [0.1, 0.15) is 25.8 Å². The largest absolute Gasteiger partial charge is 0.496 e. The number of nitrogens with one attached hydrogen (secondary N) is 1. The Kier molecular flexibility index (Phi) is 7.33. The molecule has 126 valence electrons. The molecule has 0 bridgehead atoms. The number of fused-ring (bicyclic) bond motifs is 1. The van der Waals surface area contributed by atoms with Gasteiger partial charge in [0.25, 0.3) is 0 Å². The van der Waals surface area contributed by atoms with Crippen molar-refractivity contribution in [3.63, 3.8) is 0 Å². The highest BCUT2D eigenvalue weighted by Gasteiger charge is 2.19. The van der Waals surface area contributed by atoms with E-state index in [0.717, 1.165) is 28.5 Å². The minimum atomic E-state index is -0.481. The van der Waals surface area contributed by atoms with Gasteiger partial charge in [-0.05, 0) is 22.8 Å². The second kappa shape index (κ2) is 8.75. The third-order valence-electron chi connectivity index (χ3n) is 4.22. The van der Waals surface area contributed by atoms with Crippen molar-refractivity contribution in [3.8, 4) is 5.75 Å². The molecule has 2 aromatic rings. The number of carbonyl (C=O) groups is 1. The van der Waals surface area contributed by atoms with E-state index in [9.17, 15) is 4.79 Å². The van der Waals surface area contributed by atoms with Crippen LogP contribution in [0.3, 0.4) is 0 Å². The molecule has 1 amide bonds. The Balaban J connectivity index is 0.00000264. The normalized spacial score (nSPS) is 13.0. The van der Waals surface area contributed by atoms with Crippen LogP contribution in [0, 0.1) is 5.92 Å². The zero-order valence-electron chi connectivity index (χ0n) is 13.8. The number of amides is 1. The number of benzene rings is 2. The molecule has 0 aliphatic heterocycles. The van der Waals surface area contributed by atoms with Gasteiger partial charge in [0.05, 0.1) is 13.2 Å². The van der Waals surface area contributed by atoms with Gasteiger partial charge in [-0.1, -0.05) is 50.6 Å². The third-order valence-corrected chi connectivity index (χ3v) is 4.22. The Morgan fingerprint density at radius 1 is 1.26 bits per heavy atom. The highest BCUT2D eigenvalue weighted by atomic mass is 35.5. The van der Waals surface area contributed by atoms with Crippen LogP contribution in [0.4, 0.5) is 0 Å². The lowest BCUT2D eigenvalue weighted by molar-refractivity contribution is -0.123. The van der Waals surface area contributed by atoms with E-state index < -0.39 is 6.04 Å². The highest BCUT2D eigenvalue weighted by molar-refractivity contribution is 5.88. The van der Waals surface area contributed by atoms with Crippen LogP contribution >= 0.6 is 12.4 Å². The van der Waals surface area contributed by atoms with Gasteiger partial charge in [0.15, 0.2) is 0 Å². The molecule has 0 radical (unpaired) electrons. The number of hydrogen-bond acceptors (Lipinski definition) is 3. The van der Waals surface area contributed by atoms with Crippen molar-refractivity contribution in [2.45, 2.75) is 32.9 Å². The smallest absolute Gasteiger partial charge is 0.237 e. The minimum Gasteiger partial charge on any atom is -0.496 e. The van der Waals surface area contributed by atoms with E-state index in [-0.39, 0.29) is 24.2 Å². The summed E-state index contributed by atoms with van der Waals surface area (Å²) in [5.74, 6) is 0.815. The average molecular weight is 337 g/mol. The number of nitrogens with two attached hydrogens (primary N) is 1. The van der Waals surface area contributed by atoms with Gasteiger partial charge in [-0.3, -0.25) is 4.79 Å². The quantitative estimate of drug-likeness (QED) is 0.851. The SMILES string of the molecule is CCC(C)C(N)C(=O)NCc1c(OC)ccc2ccccc12.Cl. The lowest BCUT2D eigenvalue weighted by Gasteiger charge is -2.19. The number of methoxy groups -OCH3 is 1. The molecule has 0 aromatic heterocycles. The molecule has 0 saturated carbocycles. The third kappa shape index (κ3) is 4.36. The van der Waals surface area contributed by atoms with Gasteiger partial charge < -0.3 is 15.8 Å². The maximum Gasteiger partial charge on any atom is 0.237 e. The highest BCUT2D eigenvalue weighted by Crippen LogP contribution is 2.27. The summed E-state index contributed by atoms with van der Waals surface area (Å²) in [5.41, 5.74) is 6.95. The second-order valence-electron chi connectivity index (χ2n) is 5.60. The van der Waals surface area contributed by atoms with E-state index in [1.807, 2.05) is 50.2 Å². The Morgan fingerprint density at radius 2 is 1.96 bits per heavy atom. The number of hydrogen-bond donors (Lipinski definition) is 2. The van der Waals surface area contributed by atoms with Crippen molar-refractivity contribution < 1.29 is 9.53 Å². The van der Waals surface area contributed by atoms with Gasteiger partial charge in [0.1, 0.15) is 5.75 Å². The fourth-order valence-electron chi connectivity index (χ4n) is 2.50. The maximum atomic E-state index is 12.2. The standard InChI is InChI=1S/C18H24N2O2.ClH/c1-4-12(2)17(19)18(21)20-11-15-14-8-6-5-7-13(14)9-10-16(15)22-3;/h5-10,12,17H,4,11,19H2,1-3H3,(H,20,21);1H. The molecule has 0 aliphatic carbocycles. The van der Waals surface area contributed by atoms with Crippen molar-refractivity contribution >= 4 is 29.1 Å². The summed E-state index contributed by atoms with van der Waals surface area (Å²) in [5, 5.41) is 5.14. The summed E-state index contributed by atoms with van der Waals surface area (Å²) in [6.45, 7) is 4.43. The molecule has 0 saturated heterocycles. The average Bonchev–Trinajstić information content (AvgIpc) is 2.57. The Hall–Kier alpha value is -1.78. The van der Waals surface area contributed by atoms with Gasteiger partial charge in [-0.15, -0.1) is 12.4 Å². The first-order chi connectivity index (χ1) is 10.6. The summed E-state index contributed by atoms with van der Waals surface area (Å²) in [4.78, 5) is 12.2. The molecule has 2 unspecified atom stereocenters. The Bertz CT molecular complexity index is 661. The van der Waals surface area contributed by atoms with Crippen LogP contribution < -0.4 is 15.8 Å². The summed E-state index contributed by atoms with van der Waals surface area (Å²) in [6.07, 6.45) is 0.881. The van der Waals surface area contributed by atoms with Crippen LogP contribution in [0.2, 0.25) is 0 Å². The molecule has 0 spiro atoms. The minimum absolute atomic E-state index is 0. The van der Waals surface area contributed by atoms with E-state index in [0.29, 0.717) is 6.54 Å². The van der Waals surface area contributed by atoms with Crippen molar-refractivity contribution in [1.29, 1.82) is 0 Å². The molecule has 0 aliphatic rings. The van der Waals surface area contributed by atoms with Gasteiger partial charge in [-0.2, -0.15) is 0 Å². The van der Waals surface area contributed by atoms with E-state index in [1.165, 1.54) is 0 Å². The summed E-state index contributed by atoms with van der Waals surface area (Å²) in [6, 6.07) is 11.5. The lowest BCUT2D eigenvalue weighted by Crippen LogP contribution is -2.44. The van der Waals surface area contributed by atoms with Crippen LogP contribution in [-0.4, -0.2) is 19.1 Å². The van der Waals surface area contributed by atoms with Crippen molar-refractivity contribution in [3.05, 3.63) is 42.0 Å². The molecular formula is C18H25ClN2O2. The Labute approximate surface area is 143 Å². The number of ether oxygens (including phenoxy) is 1. The molecular weight excluding hydrogens is 312 g/mol. The molecule has 3 N–H and O–H groups in total. The fraction of sp³-hybridized carbons (Fsp3) is 0.389. The van der Waals surface area contributed by atoms with Crippen molar-refractivity contribution in [2.24, 2.45) is 11.7 Å². The second-order valence-corrected chi connectivity index (χ2v) is 5.60. The Morgan fingerprint density at radius 3 is 2.61 bits per heavy atom. The van der Waals surface area contributed by atoms with Gasteiger partial charge in [0, 0.05) is 12.1 Å². The molecule has 0 fully saturated rings. The van der Waals surface area contributed by atoms with Gasteiger partial charge in [0.2, 0.25) is 5.91 Å². The summed E-state index contributed by atoms with van der Waals surface area (Å²) in [7, 11) is 1.64. The molecule has 5 heteroatoms. The zero-order chi connectivity index (χ0) is 16.1. The van der Waals surface area contributed by atoms with Crippen LogP contribution in [0.15, 0.2) is 36.4 Å². The molecule has 2 atom stereocenters. The van der Waals surface area contributed by atoms with Gasteiger partial charge in [-0.25, -0.2) is 0 Å². The van der Waals surface area contributed by atoms with E-state index in [2.05, 4.69) is 5.32 Å². The molecule has 23 heavy (non-hydrogen) atoms. The van der Waals surface area contributed by atoms with Crippen molar-refractivity contribution in [1.82, 2.24) is 5.32 Å². The van der Waals surface area contributed by atoms with Gasteiger partial charge >= 0.3 is 0 Å². The topological polar surface area (TPSA) is 64.4 Å². The molecule has 2 rings (SSSR count). The maximum absolute atomic E-state index is 12.2. The first kappa shape index (κ1) is 19.3. The van der Waals surface area contributed by atoms with Crippen LogP contribution in [0.25, 0.3) is 10.8 Å². The van der Waals surface area contributed by atoms with E-state index >= 15 is 0 Å². The fourth-order valence-corrected chi connectivity index (χ4v) is 2.50. The monoisotopic (exact) mass is 336 g/mol. The summed E-state index contributed by atoms with van der Waals surface area (Å²) < 4.78 is 5.43. The van der Waals surface area contributed by atoms with E-state index in [1.54, 1.807) is 7.11 Å². The molecule has 4 nitrogen and oxygen atoms in total.